The number of urea groups is 1. The summed E-state index contributed by atoms with van der Waals surface area (Å²) in [6.45, 7) is 3.38. The molecular weight excluding hydrogens is 282 g/mol. The number of likely N-dealkylation sites (N-methyl/N-ethyl adjacent to an activating group) is 1. The van der Waals surface area contributed by atoms with Crippen LogP contribution in [0.2, 0.25) is 0 Å². The quantitative estimate of drug-likeness (QED) is 0.481. The fourth-order valence-corrected chi connectivity index (χ4v) is 1.47. The number of carbonyl (C=O) groups is 4. The number of nitrogens with two attached hydrogens (primary N) is 1. The van der Waals surface area contributed by atoms with Crippen LogP contribution < -0.4 is 11.1 Å². The minimum Gasteiger partial charge on any atom is -0.480 e. The van der Waals surface area contributed by atoms with E-state index in [-0.39, 0.29) is 32.5 Å². The highest BCUT2D eigenvalue weighted by Gasteiger charge is 2.24. The number of nitrogens with zero attached hydrogens (tertiary/aromatic N) is 1. The van der Waals surface area contributed by atoms with Gasteiger partial charge in [0.05, 0.1) is 6.61 Å². The maximum absolute atomic E-state index is 11.9. The van der Waals surface area contributed by atoms with Crippen LogP contribution in [0, 0.1) is 0 Å². The highest BCUT2D eigenvalue weighted by atomic mass is 16.5. The largest absolute Gasteiger partial charge is 0.480 e. The van der Waals surface area contributed by atoms with Crippen molar-refractivity contribution in [3.05, 3.63) is 0 Å². The smallest absolute Gasteiger partial charge is 0.326 e. The second kappa shape index (κ2) is 9.56. The molecule has 0 saturated carbocycles. The number of amides is 3. The molecule has 0 aromatic carbocycles. The third kappa shape index (κ3) is 7.75. The van der Waals surface area contributed by atoms with Crippen LogP contribution in [0.1, 0.15) is 26.7 Å². The summed E-state index contributed by atoms with van der Waals surface area (Å²) in [5.41, 5.74) is 4.94. The van der Waals surface area contributed by atoms with Gasteiger partial charge in [0.25, 0.3) is 0 Å². The van der Waals surface area contributed by atoms with Gasteiger partial charge in [-0.25, -0.2) is 9.59 Å². The lowest BCUT2D eigenvalue weighted by Crippen LogP contribution is -2.49. The van der Waals surface area contributed by atoms with Crippen molar-refractivity contribution in [1.82, 2.24) is 10.2 Å². The van der Waals surface area contributed by atoms with Crippen molar-refractivity contribution >= 4 is 23.9 Å². The molecule has 9 nitrogen and oxygen atoms in total. The number of carboxylic acids is 1. The van der Waals surface area contributed by atoms with Crippen molar-refractivity contribution in [2.24, 2.45) is 5.73 Å². The topological polar surface area (TPSA) is 139 Å². The number of aliphatic carboxylic acids is 1. The van der Waals surface area contributed by atoms with E-state index in [2.05, 4.69) is 5.32 Å². The molecule has 0 aliphatic carbocycles. The van der Waals surface area contributed by atoms with Gasteiger partial charge >= 0.3 is 18.0 Å². The van der Waals surface area contributed by atoms with Gasteiger partial charge in [0, 0.05) is 13.0 Å². The molecule has 3 amide bonds. The van der Waals surface area contributed by atoms with E-state index in [0.717, 1.165) is 4.90 Å². The molecule has 4 N–H and O–H groups in total. The zero-order chi connectivity index (χ0) is 16.4. The summed E-state index contributed by atoms with van der Waals surface area (Å²) in [4.78, 5) is 46.0. The van der Waals surface area contributed by atoms with Crippen LogP contribution >= 0.6 is 0 Å². The normalized spacial score (nSPS) is 11.3. The van der Waals surface area contributed by atoms with Gasteiger partial charge in [-0.05, 0) is 20.3 Å². The first-order chi connectivity index (χ1) is 9.81. The Morgan fingerprint density at radius 1 is 1.29 bits per heavy atom. The number of ether oxygens (including phenoxy) is 1. The van der Waals surface area contributed by atoms with Crippen molar-refractivity contribution in [3.8, 4) is 0 Å². The van der Waals surface area contributed by atoms with Crippen LogP contribution in [0.15, 0.2) is 0 Å². The van der Waals surface area contributed by atoms with Crippen molar-refractivity contribution in [2.75, 3.05) is 19.7 Å². The van der Waals surface area contributed by atoms with Crippen LogP contribution in [0.25, 0.3) is 0 Å². The number of rotatable bonds is 9. The van der Waals surface area contributed by atoms with Gasteiger partial charge < -0.3 is 25.8 Å². The van der Waals surface area contributed by atoms with Crippen LogP contribution in [0.3, 0.4) is 0 Å². The van der Waals surface area contributed by atoms with E-state index in [1.165, 1.54) is 0 Å². The summed E-state index contributed by atoms with van der Waals surface area (Å²) in [7, 11) is 0. The molecule has 0 radical (unpaired) electrons. The number of carbonyl (C=O) groups excluding carboxylic acids is 3. The fourth-order valence-electron chi connectivity index (χ4n) is 1.47. The number of primary amides is 1. The summed E-state index contributed by atoms with van der Waals surface area (Å²) < 4.78 is 4.72. The van der Waals surface area contributed by atoms with Crippen LogP contribution in [-0.2, 0) is 19.1 Å². The lowest BCUT2D eigenvalue weighted by atomic mass is 10.1. The molecule has 0 unspecified atom stereocenters. The molecule has 0 aromatic heterocycles. The molecule has 0 aliphatic rings. The van der Waals surface area contributed by atoms with E-state index in [9.17, 15) is 19.2 Å². The second-order valence-electron chi connectivity index (χ2n) is 4.16. The Morgan fingerprint density at radius 2 is 1.90 bits per heavy atom. The molecule has 0 fully saturated rings. The highest BCUT2D eigenvalue weighted by molar-refractivity contribution is 5.85. The Hall–Kier alpha value is -2.32. The first-order valence-corrected chi connectivity index (χ1v) is 6.53. The first-order valence-electron chi connectivity index (χ1n) is 6.53. The molecule has 0 aromatic rings. The SMILES string of the molecule is CCOC(=O)CN(CC)C(=O)N[C@@H](CCC(N)=O)C(=O)O. The molecule has 0 rings (SSSR count). The van der Waals surface area contributed by atoms with Gasteiger partial charge in [0.1, 0.15) is 12.6 Å². The average molecular weight is 303 g/mol. The van der Waals surface area contributed by atoms with Gasteiger partial charge in [0.2, 0.25) is 5.91 Å². The molecule has 0 saturated heterocycles. The minimum atomic E-state index is -1.28. The van der Waals surface area contributed by atoms with Crippen LogP contribution in [0.5, 0.6) is 0 Å². The van der Waals surface area contributed by atoms with Crippen molar-refractivity contribution in [3.63, 3.8) is 0 Å². The molecule has 120 valence electrons. The summed E-state index contributed by atoms with van der Waals surface area (Å²) in [6.07, 6.45) is -0.283. The Labute approximate surface area is 122 Å². The molecule has 0 spiro atoms. The van der Waals surface area contributed by atoms with E-state index in [1.807, 2.05) is 0 Å². The zero-order valence-electron chi connectivity index (χ0n) is 12.1. The van der Waals surface area contributed by atoms with Gasteiger partial charge in [-0.1, -0.05) is 0 Å². The Bertz CT molecular complexity index is 398. The summed E-state index contributed by atoms with van der Waals surface area (Å²) in [5.74, 6) is -2.52. The van der Waals surface area contributed by atoms with Gasteiger partial charge in [-0.15, -0.1) is 0 Å². The lowest BCUT2D eigenvalue weighted by molar-refractivity contribution is -0.143. The number of carboxylic acid groups (broad SMARTS) is 1. The molecule has 0 aliphatic heterocycles. The molecule has 1 atom stereocenters. The van der Waals surface area contributed by atoms with Crippen molar-refractivity contribution < 1.29 is 29.0 Å². The van der Waals surface area contributed by atoms with Gasteiger partial charge in [-0.3, -0.25) is 9.59 Å². The standard InChI is InChI=1S/C12H21N3O6/c1-3-15(7-10(17)21-4-2)12(20)14-8(11(18)19)5-6-9(13)16/h8H,3-7H2,1-2H3,(H2,13,16)(H,14,20)(H,18,19)/t8-/m0/s1. The zero-order valence-corrected chi connectivity index (χ0v) is 12.1. The number of hydrogen-bond acceptors (Lipinski definition) is 5. The fraction of sp³-hybridized carbons (Fsp3) is 0.667. The Morgan fingerprint density at radius 3 is 2.33 bits per heavy atom. The van der Waals surface area contributed by atoms with Gasteiger partial charge in [-0.2, -0.15) is 0 Å². The van der Waals surface area contributed by atoms with Crippen molar-refractivity contribution in [1.29, 1.82) is 0 Å². The molecule has 0 heterocycles. The first kappa shape index (κ1) is 18.7. The second-order valence-corrected chi connectivity index (χ2v) is 4.16. The highest BCUT2D eigenvalue weighted by Crippen LogP contribution is 2.00. The van der Waals surface area contributed by atoms with E-state index in [1.54, 1.807) is 13.8 Å². The maximum atomic E-state index is 11.9. The summed E-state index contributed by atoms with van der Waals surface area (Å²) >= 11 is 0. The number of nitrogens with one attached hydrogen (secondary N) is 1. The average Bonchev–Trinajstić information content (AvgIpc) is 2.40. The van der Waals surface area contributed by atoms with Gasteiger partial charge in [0.15, 0.2) is 0 Å². The van der Waals surface area contributed by atoms with Crippen LogP contribution in [-0.4, -0.2) is 59.6 Å². The third-order valence-corrected chi connectivity index (χ3v) is 2.57. The monoisotopic (exact) mass is 303 g/mol. The predicted molar refractivity (Wildman–Crippen MR) is 72.3 cm³/mol. The van der Waals surface area contributed by atoms with Crippen molar-refractivity contribution in [2.45, 2.75) is 32.7 Å². The summed E-state index contributed by atoms with van der Waals surface area (Å²) in [6, 6.07) is -1.97. The Kier molecular flexibility index (Phi) is 8.51. The molecule has 0 bridgehead atoms. The number of esters is 1. The molecule has 9 heteroatoms. The summed E-state index contributed by atoms with van der Waals surface area (Å²) in [5, 5.41) is 11.2. The van der Waals surface area contributed by atoms with Crippen LogP contribution in [0.4, 0.5) is 4.79 Å². The van der Waals surface area contributed by atoms with E-state index >= 15 is 0 Å². The number of hydrogen-bond donors (Lipinski definition) is 3. The maximum Gasteiger partial charge on any atom is 0.326 e. The third-order valence-electron chi connectivity index (χ3n) is 2.57. The molecular formula is C12H21N3O6. The lowest BCUT2D eigenvalue weighted by Gasteiger charge is -2.23. The van der Waals surface area contributed by atoms with E-state index < -0.39 is 29.9 Å². The molecule has 21 heavy (non-hydrogen) atoms. The Balaban J connectivity index is 4.59. The minimum absolute atomic E-state index is 0.118. The van der Waals surface area contributed by atoms with E-state index in [0.29, 0.717) is 0 Å². The van der Waals surface area contributed by atoms with E-state index in [4.69, 9.17) is 15.6 Å². The predicted octanol–water partition coefficient (Wildman–Crippen LogP) is -0.700.